The minimum Gasteiger partial charge on any atom is -0.391 e. The molecule has 0 spiro atoms. The fraction of sp³-hybridized carbons (Fsp3) is 0.188. The fourth-order valence-electron chi connectivity index (χ4n) is 2.16. The summed E-state index contributed by atoms with van der Waals surface area (Å²) in [6.45, 7) is 0.851. The zero-order chi connectivity index (χ0) is 14.7. The number of hydrogen-bond donors (Lipinski definition) is 1. The van der Waals surface area contributed by atoms with Gasteiger partial charge in [-0.2, -0.15) is 11.3 Å². The van der Waals surface area contributed by atoms with Crippen LogP contribution in [0.4, 0.5) is 5.13 Å². The summed E-state index contributed by atoms with van der Waals surface area (Å²) in [6.07, 6.45) is 0. The molecule has 0 saturated heterocycles. The van der Waals surface area contributed by atoms with Crippen LogP contribution in [0.1, 0.15) is 10.4 Å². The molecular formula is C16H16N2OS2. The number of anilines is 1. The van der Waals surface area contributed by atoms with E-state index in [1.807, 2.05) is 37.4 Å². The molecule has 0 fully saturated rings. The third kappa shape index (κ3) is 3.15. The normalized spacial score (nSPS) is 10.8. The van der Waals surface area contributed by atoms with Crippen molar-refractivity contribution in [1.82, 2.24) is 4.98 Å². The van der Waals surface area contributed by atoms with Gasteiger partial charge in [-0.25, -0.2) is 4.98 Å². The summed E-state index contributed by atoms with van der Waals surface area (Å²) in [5, 5.41) is 14.8. The number of aromatic nitrogens is 1. The zero-order valence-electron chi connectivity index (χ0n) is 11.7. The SMILES string of the molecule is CN(Cc1ccsc1)c1nc(-c2ccccc2)c(CO)s1. The lowest BCUT2D eigenvalue weighted by molar-refractivity contribution is 0.286. The summed E-state index contributed by atoms with van der Waals surface area (Å²) in [4.78, 5) is 7.75. The average Bonchev–Trinajstić information content (AvgIpc) is 3.17. The summed E-state index contributed by atoms with van der Waals surface area (Å²) < 4.78 is 0. The molecule has 0 amide bonds. The third-order valence-electron chi connectivity index (χ3n) is 3.20. The first-order valence-electron chi connectivity index (χ1n) is 6.66. The number of thiophene rings is 1. The second kappa shape index (κ2) is 6.39. The van der Waals surface area contributed by atoms with Gasteiger partial charge in [0, 0.05) is 19.2 Å². The van der Waals surface area contributed by atoms with Crippen molar-refractivity contribution in [2.75, 3.05) is 11.9 Å². The number of thiazole rings is 1. The third-order valence-corrected chi connectivity index (χ3v) is 5.09. The second-order valence-corrected chi connectivity index (χ2v) is 6.62. The molecule has 3 rings (SSSR count). The second-order valence-electron chi connectivity index (χ2n) is 4.78. The molecule has 0 aliphatic heterocycles. The first kappa shape index (κ1) is 14.3. The van der Waals surface area contributed by atoms with Crippen molar-refractivity contribution in [3.8, 4) is 11.3 Å². The molecule has 2 aromatic heterocycles. The maximum absolute atomic E-state index is 9.59. The van der Waals surface area contributed by atoms with Crippen LogP contribution < -0.4 is 4.90 Å². The molecule has 0 atom stereocenters. The number of nitrogens with zero attached hydrogens (tertiary/aromatic N) is 2. The minimum atomic E-state index is 0.0220. The van der Waals surface area contributed by atoms with Crippen LogP contribution in [0.25, 0.3) is 11.3 Å². The lowest BCUT2D eigenvalue weighted by Gasteiger charge is -2.14. The molecule has 1 aromatic carbocycles. The zero-order valence-corrected chi connectivity index (χ0v) is 13.3. The molecule has 1 N–H and O–H groups in total. The van der Waals surface area contributed by atoms with Crippen LogP contribution in [0, 0.1) is 0 Å². The van der Waals surface area contributed by atoms with Gasteiger partial charge in [-0.05, 0) is 22.4 Å². The van der Waals surface area contributed by atoms with Crippen molar-refractivity contribution in [2.45, 2.75) is 13.2 Å². The predicted molar refractivity (Wildman–Crippen MR) is 89.9 cm³/mol. The number of rotatable bonds is 5. The van der Waals surface area contributed by atoms with Crippen molar-refractivity contribution in [3.05, 3.63) is 57.6 Å². The van der Waals surface area contributed by atoms with E-state index in [0.717, 1.165) is 27.8 Å². The molecule has 3 aromatic rings. The number of aliphatic hydroxyl groups excluding tert-OH is 1. The number of hydrogen-bond acceptors (Lipinski definition) is 5. The number of benzene rings is 1. The predicted octanol–water partition coefficient (Wildman–Crippen LogP) is 4.00. The summed E-state index contributed by atoms with van der Waals surface area (Å²) in [7, 11) is 2.03. The summed E-state index contributed by atoms with van der Waals surface area (Å²) in [5.74, 6) is 0. The Bertz CT molecular complexity index is 692. The van der Waals surface area contributed by atoms with E-state index >= 15 is 0 Å². The molecule has 0 radical (unpaired) electrons. The maximum atomic E-state index is 9.59. The Kier molecular flexibility index (Phi) is 4.34. The molecule has 108 valence electrons. The van der Waals surface area contributed by atoms with Gasteiger partial charge < -0.3 is 10.0 Å². The van der Waals surface area contributed by atoms with Gasteiger partial charge in [0.25, 0.3) is 0 Å². The first-order chi connectivity index (χ1) is 10.3. The molecule has 2 heterocycles. The Balaban J connectivity index is 1.89. The van der Waals surface area contributed by atoms with E-state index in [4.69, 9.17) is 4.98 Å². The Hall–Kier alpha value is -1.69. The van der Waals surface area contributed by atoms with E-state index in [-0.39, 0.29) is 6.61 Å². The van der Waals surface area contributed by atoms with Gasteiger partial charge in [-0.3, -0.25) is 0 Å². The van der Waals surface area contributed by atoms with Crippen molar-refractivity contribution < 1.29 is 5.11 Å². The van der Waals surface area contributed by atoms with E-state index in [9.17, 15) is 5.11 Å². The Morgan fingerprint density at radius 3 is 2.67 bits per heavy atom. The van der Waals surface area contributed by atoms with Gasteiger partial charge in [0.05, 0.1) is 17.2 Å². The molecule has 0 aliphatic carbocycles. The lowest BCUT2D eigenvalue weighted by atomic mass is 10.1. The van der Waals surface area contributed by atoms with Crippen molar-refractivity contribution in [3.63, 3.8) is 0 Å². The molecule has 0 saturated carbocycles. The van der Waals surface area contributed by atoms with Gasteiger partial charge in [0.1, 0.15) is 0 Å². The van der Waals surface area contributed by atoms with Crippen LogP contribution in [0.15, 0.2) is 47.2 Å². The van der Waals surface area contributed by atoms with E-state index in [1.165, 1.54) is 5.56 Å². The highest BCUT2D eigenvalue weighted by molar-refractivity contribution is 7.16. The topological polar surface area (TPSA) is 36.4 Å². The van der Waals surface area contributed by atoms with E-state index in [0.29, 0.717) is 0 Å². The van der Waals surface area contributed by atoms with Gasteiger partial charge in [-0.15, -0.1) is 0 Å². The standard InChI is InChI=1S/C16H16N2OS2/c1-18(9-12-7-8-20-11-12)16-17-15(14(10-19)21-16)13-5-3-2-4-6-13/h2-8,11,19H,9-10H2,1H3. The van der Waals surface area contributed by atoms with Crippen molar-refractivity contribution >= 4 is 27.8 Å². The fourth-order valence-corrected chi connectivity index (χ4v) is 3.72. The Morgan fingerprint density at radius 2 is 2.00 bits per heavy atom. The van der Waals surface area contributed by atoms with Crippen LogP contribution in [0.5, 0.6) is 0 Å². The van der Waals surface area contributed by atoms with Crippen LogP contribution in [-0.4, -0.2) is 17.1 Å². The minimum absolute atomic E-state index is 0.0220. The molecule has 0 unspecified atom stereocenters. The largest absolute Gasteiger partial charge is 0.391 e. The van der Waals surface area contributed by atoms with Gasteiger partial charge in [0.15, 0.2) is 5.13 Å². The Labute approximate surface area is 132 Å². The smallest absolute Gasteiger partial charge is 0.186 e. The molecule has 0 bridgehead atoms. The molecule has 3 nitrogen and oxygen atoms in total. The number of aliphatic hydroxyl groups is 1. The van der Waals surface area contributed by atoms with Gasteiger partial charge in [0.2, 0.25) is 0 Å². The molecule has 5 heteroatoms. The van der Waals surface area contributed by atoms with Crippen LogP contribution in [-0.2, 0) is 13.2 Å². The highest BCUT2D eigenvalue weighted by Crippen LogP contribution is 2.33. The first-order valence-corrected chi connectivity index (χ1v) is 8.42. The van der Waals surface area contributed by atoms with Crippen LogP contribution >= 0.6 is 22.7 Å². The average molecular weight is 316 g/mol. The summed E-state index contributed by atoms with van der Waals surface area (Å²) in [6, 6.07) is 12.1. The van der Waals surface area contributed by atoms with E-state index < -0.39 is 0 Å². The lowest BCUT2D eigenvalue weighted by Crippen LogP contribution is -2.15. The van der Waals surface area contributed by atoms with E-state index in [2.05, 4.69) is 21.7 Å². The van der Waals surface area contributed by atoms with Crippen LogP contribution in [0.3, 0.4) is 0 Å². The monoisotopic (exact) mass is 316 g/mol. The van der Waals surface area contributed by atoms with Crippen molar-refractivity contribution in [2.24, 2.45) is 0 Å². The van der Waals surface area contributed by atoms with Gasteiger partial charge in [-0.1, -0.05) is 41.7 Å². The summed E-state index contributed by atoms with van der Waals surface area (Å²) >= 11 is 3.26. The highest BCUT2D eigenvalue weighted by Gasteiger charge is 2.15. The Morgan fingerprint density at radius 1 is 1.19 bits per heavy atom. The summed E-state index contributed by atoms with van der Waals surface area (Å²) in [5.41, 5.74) is 3.22. The quantitative estimate of drug-likeness (QED) is 0.773. The van der Waals surface area contributed by atoms with Crippen LogP contribution in [0.2, 0.25) is 0 Å². The molecular weight excluding hydrogens is 300 g/mol. The van der Waals surface area contributed by atoms with E-state index in [1.54, 1.807) is 22.7 Å². The maximum Gasteiger partial charge on any atom is 0.186 e. The highest BCUT2D eigenvalue weighted by atomic mass is 32.1. The molecule has 21 heavy (non-hydrogen) atoms. The van der Waals surface area contributed by atoms with Gasteiger partial charge >= 0.3 is 0 Å². The van der Waals surface area contributed by atoms with Crippen molar-refractivity contribution in [1.29, 1.82) is 0 Å². The molecule has 0 aliphatic rings.